The zero-order valence-corrected chi connectivity index (χ0v) is 18.8. The first-order chi connectivity index (χ1) is 15.2. The van der Waals surface area contributed by atoms with Crippen molar-refractivity contribution >= 4 is 17.9 Å². The zero-order valence-electron chi connectivity index (χ0n) is 18.8. The van der Waals surface area contributed by atoms with Gasteiger partial charge in [-0.15, -0.1) is 0 Å². The van der Waals surface area contributed by atoms with Gasteiger partial charge in [-0.2, -0.15) is 0 Å². The Morgan fingerprint density at radius 2 is 1.66 bits per heavy atom. The second-order valence-electron chi connectivity index (χ2n) is 8.60. The fourth-order valence-electron chi connectivity index (χ4n) is 4.86. The number of hydrogen-bond acceptors (Lipinski definition) is 7. The number of fused-ring (bicyclic) bond motifs is 2. The maximum absolute atomic E-state index is 13.5. The summed E-state index contributed by atoms with van der Waals surface area (Å²) in [6.07, 6.45) is 0.726. The molecular weight excluding hydrogens is 412 g/mol. The summed E-state index contributed by atoms with van der Waals surface area (Å²) in [7, 11) is 2.90. The average Bonchev–Trinajstić information content (AvgIpc) is 2.98. The van der Waals surface area contributed by atoms with Crippen LogP contribution in [0.3, 0.4) is 0 Å². The first-order valence-corrected chi connectivity index (χ1v) is 10.5. The van der Waals surface area contributed by atoms with Crippen LogP contribution in [0.2, 0.25) is 0 Å². The topological polar surface area (TPSA) is 88.1 Å². The molecule has 0 N–H and O–H groups in total. The summed E-state index contributed by atoms with van der Waals surface area (Å²) in [4.78, 5) is 38.3. The van der Waals surface area contributed by atoms with Gasteiger partial charge in [0.2, 0.25) is 0 Å². The van der Waals surface area contributed by atoms with Crippen LogP contribution in [-0.2, 0) is 20.7 Å². The Kier molecular flexibility index (Phi) is 5.43. The molecule has 0 unspecified atom stereocenters. The Bertz CT molecular complexity index is 1120. The lowest BCUT2D eigenvalue weighted by molar-refractivity contribution is -0.164. The Morgan fingerprint density at radius 1 is 1.03 bits per heavy atom. The van der Waals surface area contributed by atoms with Crippen LogP contribution >= 0.6 is 0 Å². The SMILES string of the molecule is COc1cc(C[C@@]2(CC=O)OC(C)(C)O[C@H]2C)c(OC)c2c1C(=O)c1ccccc1C2=O. The second kappa shape index (κ2) is 7.83. The molecule has 0 aromatic heterocycles. The van der Waals surface area contributed by atoms with Crippen LogP contribution in [0.25, 0.3) is 0 Å². The van der Waals surface area contributed by atoms with E-state index in [0.29, 0.717) is 16.7 Å². The molecule has 2 aromatic rings. The first-order valence-electron chi connectivity index (χ1n) is 10.5. The molecule has 1 saturated heterocycles. The minimum absolute atomic E-state index is 0.0931. The Labute approximate surface area is 186 Å². The molecule has 2 aliphatic rings. The minimum Gasteiger partial charge on any atom is -0.496 e. The number of carbonyl (C=O) groups excluding carboxylic acids is 3. The Morgan fingerprint density at radius 3 is 2.16 bits per heavy atom. The van der Waals surface area contributed by atoms with Gasteiger partial charge in [0.25, 0.3) is 0 Å². The number of aldehydes is 1. The van der Waals surface area contributed by atoms with Crippen LogP contribution in [0.15, 0.2) is 30.3 Å². The quantitative estimate of drug-likeness (QED) is 0.544. The highest BCUT2D eigenvalue weighted by molar-refractivity contribution is 6.30. The van der Waals surface area contributed by atoms with Crippen molar-refractivity contribution in [1.82, 2.24) is 0 Å². The van der Waals surface area contributed by atoms with Crippen molar-refractivity contribution < 1.29 is 33.3 Å². The maximum atomic E-state index is 13.5. The van der Waals surface area contributed by atoms with E-state index in [1.54, 1.807) is 44.2 Å². The van der Waals surface area contributed by atoms with Crippen molar-refractivity contribution in [3.8, 4) is 11.5 Å². The molecule has 168 valence electrons. The number of ketones is 2. The van der Waals surface area contributed by atoms with Gasteiger partial charge in [-0.3, -0.25) is 9.59 Å². The highest BCUT2D eigenvalue weighted by Gasteiger charge is 2.51. The first kappa shape index (κ1) is 22.2. The second-order valence-corrected chi connectivity index (χ2v) is 8.60. The summed E-state index contributed by atoms with van der Waals surface area (Å²) in [5.41, 5.74) is 0.630. The van der Waals surface area contributed by atoms with Gasteiger partial charge in [0.1, 0.15) is 23.4 Å². The molecule has 2 aromatic carbocycles. The van der Waals surface area contributed by atoms with E-state index in [9.17, 15) is 14.4 Å². The molecule has 0 amide bonds. The van der Waals surface area contributed by atoms with E-state index >= 15 is 0 Å². The molecule has 7 nitrogen and oxygen atoms in total. The van der Waals surface area contributed by atoms with Crippen molar-refractivity contribution in [1.29, 1.82) is 0 Å². The van der Waals surface area contributed by atoms with Crippen LogP contribution in [0.5, 0.6) is 11.5 Å². The van der Waals surface area contributed by atoms with Gasteiger partial charge in [-0.25, -0.2) is 0 Å². The summed E-state index contributed by atoms with van der Waals surface area (Å²) in [6.45, 7) is 5.44. The molecule has 7 heteroatoms. The smallest absolute Gasteiger partial charge is 0.198 e. The van der Waals surface area contributed by atoms with Crippen molar-refractivity contribution in [2.45, 2.75) is 51.1 Å². The van der Waals surface area contributed by atoms with E-state index < -0.39 is 17.5 Å². The van der Waals surface area contributed by atoms with Crippen LogP contribution in [0.1, 0.15) is 64.6 Å². The number of rotatable bonds is 6. The lowest BCUT2D eigenvalue weighted by Gasteiger charge is -2.32. The third-order valence-corrected chi connectivity index (χ3v) is 6.18. The minimum atomic E-state index is -0.961. The lowest BCUT2D eigenvalue weighted by Crippen LogP contribution is -2.42. The van der Waals surface area contributed by atoms with Crippen LogP contribution in [0.4, 0.5) is 0 Å². The summed E-state index contributed by atoms with van der Waals surface area (Å²) >= 11 is 0. The van der Waals surface area contributed by atoms with Crippen molar-refractivity contribution in [3.05, 3.63) is 58.1 Å². The highest BCUT2D eigenvalue weighted by Crippen LogP contribution is 2.46. The van der Waals surface area contributed by atoms with E-state index in [-0.39, 0.29) is 47.0 Å². The standard InChI is InChI=1S/C25H26O7/c1-14-25(10-11-26,32-24(2,3)31-14)13-15-12-18(29-4)19-20(23(15)30-5)22(28)17-9-7-6-8-16(17)21(19)27/h6-9,11-12,14H,10,13H2,1-5H3/t14-,25+/m0/s1. The van der Waals surface area contributed by atoms with Gasteiger partial charge < -0.3 is 23.7 Å². The van der Waals surface area contributed by atoms with E-state index in [0.717, 1.165) is 6.29 Å². The van der Waals surface area contributed by atoms with Gasteiger partial charge in [0, 0.05) is 29.5 Å². The zero-order chi connectivity index (χ0) is 23.3. The molecule has 1 aliphatic carbocycles. The molecule has 0 bridgehead atoms. The predicted molar refractivity (Wildman–Crippen MR) is 116 cm³/mol. The fraction of sp³-hybridized carbons (Fsp3) is 0.400. The van der Waals surface area contributed by atoms with Crippen molar-refractivity contribution in [2.24, 2.45) is 0 Å². The van der Waals surface area contributed by atoms with Crippen molar-refractivity contribution in [2.75, 3.05) is 14.2 Å². The van der Waals surface area contributed by atoms with E-state index in [2.05, 4.69) is 0 Å². The Hall–Kier alpha value is -3.03. The average molecular weight is 438 g/mol. The van der Waals surface area contributed by atoms with Gasteiger partial charge in [0.05, 0.1) is 31.5 Å². The van der Waals surface area contributed by atoms with Gasteiger partial charge >= 0.3 is 0 Å². The summed E-state index contributed by atoms with van der Waals surface area (Å²) in [6, 6.07) is 8.38. The monoisotopic (exact) mass is 438 g/mol. The summed E-state index contributed by atoms with van der Waals surface area (Å²) < 4.78 is 23.4. The highest BCUT2D eigenvalue weighted by atomic mass is 16.8. The summed E-state index contributed by atoms with van der Waals surface area (Å²) in [5.74, 6) is -0.934. The third kappa shape index (κ3) is 3.32. The van der Waals surface area contributed by atoms with Crippen LogP contribution < -0.4 is 9.47 Å². The van der Waals surface area contributed by atoms with E-state index in [1.807, 2.05) is 6.92 Å². The van der Waals surface area contributed by atoms with Crippen molar-refractivity contribution in [3.63, 3.8) is 0 Å². The molecule has 1 aliphatic heterocycles. The predicted octanol–water partition coefficient (Wildman–Crippen LogP) is 3.52. The number of benzene rings is 2. The van der Waals surface area contributed by atoms with Crippen LogP contribution in [-0.4, -0.2) is 49.6 Å². The van der Waals surface area contributed by atoms with E-state index in [1.165, 1.54) is 14.2 Å². The fourth-order valence-corrected chi connectivity index (χ4v) is 4.86. The number of hydrogen-bond donors (Lipinski definition) is 0. The third-order valence-electron chi connectivity index (χ3n) is 6.18. The molecule has 1 fully saturated rings. The van der Waals surface area contributed by atoms with E-state index in [4.69, 9.17) is 18.9 Å². The number of methoxy groups -OCH3 is 2. The van der Waals surface area contributed by atoms with Gasteiger partial charge in [0.15, 0.2) is 17.4 Å². The maximum Gasteiger partial charge on any atom is 0.198 e. The molecular formula is C25H26O7. The lowest BCUT2D eigenvalue weighted by atomic mass is 9.79. The molecule has 0 saturated carbocycles. The number of ether oxygens (including phenoxy) is 4. The Balaban J connectivity index is 1.91. The molecule has 2 atom stereocenters. The largest absolute Gasteiger partial charge is 0.496 e. The van der Waals surface area contributed by atoms with Gasteiger partial charge in [-0.05, 0) is 26.8 Å². The molecule has 1 heterocycles. The molecule has 32 heavy (non-hydrogen) atoms. The molecule has 0 spiro atoms. The van der Waals surface area contributed by atoms with Gasteiger partial charge in [-0.1, -0.05) is 24.3 Å². The van der Waals surface area contributed by atoms with Crippen LogP contribution in [0, 0.1) is 0 Å². The summed E-state index contributed by atoms with van der Waals surface area (Å²) in [5, 5.41) is 0. The molecule has 4 rings (SSSR count). The normalized spacial score (nSPS) is 23.5. The molecule has 0 radical (unpaired) electrons. The number of carbonyl (C=O) groups is 3.